The number of halogens is 4. The number of rotatable bonds is 2. The largest absolute Gasteiger partial charge is 0.446 e. The van der Waals surface area contributed by atoms with Crippen molar-refractivity contribution in [1.29, 1.82) is 0 Å². The molecule has 0 fully saturated rings. The molecule has 0 unspecified atom stereocenters. The van der Waals surface area contributed by atoms with Crippen LogP contribution in [-0.4, -0.2) is 10.4 Å². The molecule has 1 rings (SSSR count). The molecule has 0 aromatic heterocycles. The van der Waals surface area contributed by atoms with Crippen molar-refractivity contribution >= 4 is 17.4 Å². The standard InChI is InChI=1S/C8H5F4NO2S/c1-4-6(13(14)15)3-2-5(9)7(4)16-8(10,11)12/h2-3H,1H3. The molecule has 0 amide bonds. The lowest BCUT2D eigenvalue weighted by molar-refractivity contribution is -0.385. The highest BCUT2D eigenvalue weighted by Gasteiger charge is 2.33. The summed E-state index contributed by atoms with van der Waals surface area (Å²) in [5.41, 5.74) is -5.54. The maximum Gasteiger partial charge on any atom is 0.446 e. The predicted molar refractivity (Wildman–Crippen MR) is 49.7 cm³/mol. The lowest BCUT2D eigenvalue weighted by Crippen LogP contribution is -2.03. The molecular formula is C8H5F4NO2S. The van der Waals surface area contributed by atoms with Gasteiger partial charge in [0.25, 0.3) is 5.69 Å². The number of hydrogen-bond acceptors (Lipinski definition) is 3. The Bertz CT molecular complexity index is 433. The van der Waals surface area contributed by atoms with Gasteiger partial charge in [-0.15, -0.1) is 0 Å². The smallest absolute Gasteiger partial charge is 0.258 e. The predicted octanol–water partition coefficient (Wildman–Crippen LogP) is 3.65. The maximum atomic E-state index is 13.1. The second-order valence-electron chi connectivity index (χ2n) is 2.83. The van der Waals surface area contributed by atoms with Gasteiger partial charge in [-0.25, -0.2) is 4.39 Å². The number of nitrogens with zero attached hydrogens (tertiary/aromatic N) is 1. The summed E-state index contributed by atoms with van der Waals surface area (Å²) in [6.07, 6.45) is 0. The fourth-order valence-corrected chi connectivity index (χ4v) is 1.74. The van der Waals surface area contributed by atoms with E-state index in [0.29, 0.717) is 6.07 Å². The van der Waals surface area contributed by atoms with E-state index in [2.05, 4.69) is 0 Å². The summed E-state index contributed by atoms with van der Waals surface area (Å²) in [4.78, 5) is 8.83. The second-order valence-corrected chi connectivity index (χ2v) is 3.90. The van der Waals surface area contributed by atoms with Crippen molar-refractivity contribution in [2.75, 3.05) is 0 Å². The molecule has 0 bridgehead atoms. The van der Waals surface area contributed by atoms with E-state index in [0.717, 1.165) is 13.0 Å². The van der Waals surface area contributed by atoms with Gasteiger partial charge < -0.3 is 0 Å². The number of benzene rings is 1. The van der Waals surface area contributed by atoms with Crippen molar-refractivity contribution in [3.8, 4) is 0 Å². The van der Waals surface area contributed by atoms with Crippen LogP contribution in [0.15, 0.2) is 17.0 Å². The molecule has 16 heavy (non-hydrogen) atoms. The summed E-state index contributed by atoms with van der Waals surface area (Å²) in [6, 6.07) is 1.49. The third kappa shape index (κ3) is 2.84. The summed E-state index contributed by atoms with van der Waals surface area (Å²) in [5, 5.41) is 10.4. The Labute approximate surface area is 91.6 Å². The minimum absolute atomic E-state index is 0.327. The van der Waals surface area contributed by atoms with E-state index in [9.17, 15) is 27.7 Å². The van der Waals surface area contributed by atoms with Gasteiger partial charge in [-0.3, -0.25) is 10.1 Å². The van der Waals surface area contributed by atoms with Crippen LogP contribution in [0.4, 0.5) is 23.2 Å². The molecule has 0 atom stereocenters. The number of nitro benzene ring substituents is 1. The molecule has 0 spiro atoms. The van der Waals surface area contributed by atoms with Crippen molar-refractivity contribution in [3.05, 3.63) is 33.6 Å². The number of nitro groups is 1. The fourth-order valence-electron chi connectivity index (χ4n) is 1.09. The van der Waals surface area contributed by atoms with Crippen molar-refractivity contribution in [3.63, 3.8) is 0 Å². The Morgan fingerprint density at radius 3 is 2.38 bits per heavy atom. The molecule has 8 heteroatoms. The average Bonchev–Trinajstić information content (AvgIpc) is 2.10. The Morgan fingerprint density at radius 2 is 1.94 bits per heavy atom. The number of hydrogen-bond donors (Lipinski definition) is 0. The normalized spacial score (nSPS) is 11.6. The Balaban J connectivity index is 3.27. The van der Waals surface area contributed by atoms with Crippen molar-refractivity contribution < 1.29 is 22.5 Å². The van der Waals surface area contributed by atoms with Gasteiger partial charge >= 0.3 is 5.51 Å². The van der Waals surface area contributed by atoms with Crippen molar-refractivity contribution in [2.24, 2.45) is 0 Å². The third-order valence-electron chi connectivity index (χ3n) is 1.74. The van der Waals surface area contributed by atoms with E-state index in [4.69, 9.17) is 0 Å². The lowest BCUT2D eigenvalue weighted by Gasteiger charge is -2.09. The summed E-state index contributed by atoms with van der Waals surface area (Å²) >= 11 is -0.694. The minimum Gasteiger partial charge on any atom is -0.258 e. The number of alkyl halides is 3. The summed E-state index contributed by atoms with van der Waals surface area (Å²) in [5.74, 6) is -1.12. The monoisotopic (exact) mass is 255 g/mol. The Morgan fingerprint density at radius 1 is 1.38 bits per heavy atom. The van der Waals surface area contributed by atoms with Gasteiger partial charge in [0.1, 0.15) is 5.82 Å². The van der Waals surface area contributed by atoms with Crippen LogP contribution in [0.1, 0.15) is 5.56 Å². The molecule has 0 aliphatic rings. The first-order valence-electron chi connectivity index (χ1n) is 3.91. The zero-order valence-electron chi connectivity index (χ0n) is 7.84. The van der Waals surface area contributed by atoms with E-state index in [-0.39, 0.29) is 5.56 Å². The Kier molecular flexibility index (Phi) is 3.41. The molecule has 88 valence electrons. The first-order chi connectivity index (χ1) is 7.22. The first kappa shape index (κ1) is 12.8. The second kappa shape index (κ2) is 4.28. The van der Waals surface area contributed by atoms with Crippen LogP contribution < -0.4 is 0 Å². The van der Waals surface area contributed by atoms with E-state index >= 15 is 0 Å². The van der Waals surface area contributed by atoms with E-state index < -0.39 is 38.6 Å². The van der Waals surface area contributed by atoms with Gasteiger partial charge in [0.15, 0.2) is 0 Å². The quantitative estimate of drug-likeness (QED) is 0.350. The van der Waals surface area contributed by atoms with E-state index in [1.54, 1.807) is 0 Å². The minimum atomic E-state index is -4.68. The van der Waals surface area contributed by atoms with Crippen LogP contribution in [0, 0.1) is 22.9 Å². The molecule has 0 aliphatic carbocycles. The van der Waals surface area contributed by atoms with Crippen LogP contribution in [0.5, 0.6) is 0 Å². The van der Waals surface area contributed by atoms with Gasteiger partial charge in [0, 0.05) is 11.6 Å². The Hall–Kier alpha value is -1.31. The molecule has 0 saturated heterocycles. The molecular weight excluding hydrogens is 250 g/mol. The van der Waals surface area contributed by atoms with Crippen molar-refractivity contribution in [1.82, 2.24) is 0 Å². The van der Waals surface area contributed by atoms with Gasteiger partial charge in [0.2, 0.25) is 0 Å². The highest BCUT2D eigenvalue weighted by molar-refractivity contribution is 8.00. The molecule has 0 aliphatic heterocycles. The van der Waals surface area contributed by atoms with E-state index in [1.807, 2.05) is 0 Å². The zero-order valence-corrected chi connectivity index (χ0v) is 8.66. The van der Waals surface area contributed by atoms with Gasteiger partial charge in [-0.05, 0) is 24.8 Å². The highest BCUT2D eigenvalue weighted by Crippen LogP contribution is 2.41. The van der Waals surface area contributed by atoms with Crippen molar-refractivity contribution in [2.45, 2.75) is 17.3 Å². The van der Waals surface area contributed by atoms with Crippen LogP contribution in [0.2, 0.25) is 0 Å². The topological polar surface area (TPSA) is 43.1 Å². The first-order valence-corrected chi connectivity index (χ1v) is 4.73. The zero-order chi connectivity index (χ0) is 12.5. The lowest BCUT2D eigenvalue weighted by atomic mass is 10.2. The van der Waals surface area contributed by atoms with Crippen LogP contribution >= 0.6 is 11.8 Å². The van der Waals surface area contributed by atoms with Gasteiger partial charge in [-0.2, -0.15) is 13.2 Å². The van der Waals surface area contributed by atoms with Crippen LogP contribution in [-0.2, 0) is 0 Å². The third-order valence-corrected chi connectivity index (χ3v) is 2.68. The molecule has 0 N–H and O–H groups in total. The van der Waals surface area contributed by atoms with Gasteiger partial charge in [-0.1, -0.05) is 0 Å². The summed E-state index contributed by atoms with van der Waals surface area (Å²) < 4.78 is 49.3. The van der Waals surface area contributed by atoms with Crippen LogP contribution in [0.3, 0.4) is 0 Å². The highest BCUT2D eigenvalue weighted by atomic mass is 32.2. The molecule has 1 aromatic rings. The van der Waals surface area contributed by atoms with E-state index in [1.165, 1.54) is 0 Å². The average molecular weight is 255 g/mol. The molecule has 0 heterocycles. The number of thioether (sulfide) groups is 1. The molecule has 1 aromatic carbocycles. The van der Waals surface area contributed by atoms with Crippen LogP contribution in [0.25, 0.3) is 0 Å². The molecule has 0 saturated carbocycles. The summed E-state index contributed by atoms with van der Waals surface area (Å²) in [6.45, 7) is 1.08. The molecule has 0 radical (unpaired) electrons. The van der Waals surface area contributed by atoms with Gasteiger partial charge in [0.05, 0.1) is 9.82 Å². The maximum absolute atomic E-state index is 13.1. The SMILES string of the molecule is Cc1c([N+](=O)[O-])ccc(F)c1SC(F)(F)F. The molecule has 3 nitrogen and oxygen atoms in total. The summed E-state index contributed by atoms with van der Waals surface area (Å²) in [7, 11) is 0. The fraction of sp³-hybridized carbons (Fsp3) is 0.250.